The number of carbonyl (C=O) groups is 1. The molecule has 1 aliphatic carbocycles. The van der Waals surface area contributed by atoms with Gasteiger partial charge in [0.05, 0.1) is 12.2 Å². The first-order valence-electron chi connectivity index (χ1n) is 10.3. The summed E-state index contributed by atoms with van der Waals surface area (Å²) >= 11 is 1.72. The Morgan fingerprint density at radius 2 is 1.87 bits per heavy atom. The van der Waals surface area contributed by atoms with E-state index in [-0.39, 0.29) is 11.7 Å². The van der Waals surface area contributed by atoms with E-state index in [1.54, 1.807) is 11.8 Å². The third-order valence-corrected chi connectivity index (χ3v) is 6.70. The van der Waals surface area contributed by atoms with Crippen molar-refractivity contribution in [1.82, 2.24) is 9.78 Å². The second-order valence-corrected chi connectivity index (χ2v) is 8.75. The number of thioether (sulfide) groups is 1. The minimum Gasteiger partial charge on any atom is -0.443 e. The molecule has 0 N–H and O–H groups in total. The van der Waals surface area contributed by atoms with Crippen LogP contribution in [0.4, 0.5) is 0 Å². The Labute approximate surface area is 180 Å². The van der Waals surface area contributed by atoms with Crippen LogP contribution in [-0.2, 0) is 11.3 Å². The number of fused-ring (bicyclic) bond motifs is 1. The number of Topliss-reactive ketones (excluding diaryl/α,β-unsaturated/α-hetero) is 1. The lowest BCUT2D eigenvalue weighted by Crippen LogP contribution is -2.26. The molecule has 5 rings (SSSR count). The van der Waals surface area contributed by atoms with Crippen LogP contribution in [0.2, 0.25) is 0 Å². The summed E-state index contributed by atoms with van der Waals surface area (Å²) in [7, 11) is 0. The molecule has 0 saturated heterocycles. The third kappa shape index (κ3) is 3.27. The summed E-state index contributed by atoms with van der Waals surface area (Å²) in [4.78, 5) is 14.2. The van der Waals surface area contributed by atoms with Crippen molar-refractivity contribution < 1.29 is 9.53 Å². The summed E-state index contributed by atoms with van der Waals surface area (Å²) < 4.78 is 8.33. The van der Waals surface area contributed by atoms with Gasteiger partial charge in [-0.05, 0) is 42.9 Å². The summed E-state index contributed by atoms with van der Waals surface area (Å²) in [6.45, 7) is 2.66. The number of ether oxygens (including phenoxy) is 1. The Hall–Kier alpha value is -2.79. The minimum absolute atomic E-state index is 0.114. The molecular formula is C25H24N2O2S. The van der Waals surface area contributed by atoms with Crippen LogP contribution >= 0.6 is 11.8 Å². The molecule has 1 unspecified atom stereocenters. The van der Waals surface area contributed by atoms with E-state index in [0.29, 0.717) is 13.0 Å². The van der Waals surface area contributed by atoms with E-state index in [0.717, 1.165) is 46.9 Å². The summed E-state index contributed by atoms with van der Waals surface area (Å²) in [5.74, 6) is 1.70. The molecular weight excluding hydrogens is 392 g/mol. The summed E-state index contributed by atoms with van der Waals surface area (Å²) in [5.41, 5.74) is 5.07. The van der Waals surface area contributed by atoms with Gasteiger partial charge in [0.2, 0.25) is 5.88 Å². The first kappa shape index (κ1) is 19.2. The number of hydrogen-bond acceptors (Lipinski definition) is 4. The number of aromatic nitrogens is 2. The Bertz CT molecular complexity index is 1130. The van der Waals surface area contributed by atoms with Gasteiger partial charge in [-0.25, -0.2) is 4.68 Å². The van der Waals surface area contributed by atoms with E-state index >= 15 is 0 Å². The van der Waals surface area contributed by atoms with Gasteiger partial charge >= 0.3 is 0 Å². The molecule has 3 aromatic rings. The number of rotatable bonds is 4. The maximum absolute atomic E-state index is 13.0. The largest absolute Gasteiger partial charge is 0.443 e. The quantitative estimate of drug-likeness (QED) is 0.527. The second-order valence-electron chi connectivity index (χ2n) is 7.87. The first-order chi connectivity index (χ1) is 14.7. The number of benzene rings is 2. The van der Waals surface area contributed by atoms with Gasteiger partial charge in [-0.2, -0.15) is 5.10 Å². The molecule has 1 atom stereocenters. The fourth-order valence-corrected chi connectivity index (χ4v) is 4.94. The first-order valence-corrected chi connectivity index (χ1v) is 11.6. The van der Waals surface area contributed by atoms with Gasteiger partial charge in [0, 0.05) is 34.8 Å². The summed E-state index contributed by atoms with van der Waals surface area (Å²) in [6.07, 6.45) is 4.31. The number of ketones is 1. The van der Waals surface area contributed by atoms with Gasteiger partial charge < -0.3 is 4.74 Å². The second kappa shape index (κ2) is 7.80. The predicted octanol–water partition coefficient (Wildman–Crippen LogP) is 5.49. The van der Waals surface area contributed by atoms with Crippen molar-refractivity contribution in [3.05, 3.63) is 88.3 Å². The topological polar surface area (TPSA) is 44.1 Å². The fourth-order valence-electron chi connectivity index (χ4n) is 4.53. The van der Waals surface area contributed by atoms with Crippen molar-refractivity contribution >= 4 is 17.5 Å². The van der Waals surface area contributed by atoms with Gasteiger partial charge in [-0.3, -0.25) is 4.79 Å². The van der Waals surface area contributed by atoms with Crippen LogP contribution in [0.3, 0.4) is 0 Å². The number of allylic oxidation sites excluding steroid dienone is 2. The predicted molar refractivity (Wildman–Crippen MR) is 119 cm³/mol. The standard InChI is InChI=1S/C25H24N2O2S/c1-16-22-23(18-11-13-19(30-2)14-12-18)24-20(28)9-6-10-21(24)29-25(22)27(26-16)15-17-7-4-3-5-8-17/h3-5,7-8,11-14,23H,6,9-10,15H2,1-2H3. The SMILES string of the molecule is CSc1ccc(C2C3=C(CCCC3=O)Oc3c2c(C)nn3Cc2ccccc2)cc1. The van der Waals surface area contributed by atoms with Gasteiger partial charge in [0.25, 0.3) is 0 Å². The van der Waals surface area contributed by atoms with Crippen LogP contribution in [0.15, 0.2) is 70.8 Å². The van der Waals surface area contributed by atoms with Gasteiger partial charge in [-0.15, -0.1) is 11.8 Å². The van der Waals surface area contributed by atoms with E-state index in [1.807, 2.05) is 29.8 Å². The molecule has 0 saturated carbocycles. The van der Waals surface area contributed by atoms with E-state index in [9.17, 15) is 4.79 Å². The molecule has 0 spiro atoms. The van der Waals surface area contributed by atoms with E-state index < -0.39 is 0 Å². The Morgan fingerprint density at radius 1 is 1.10 bits per heavy atom. The molecule has 2 heterocycles. The van der Waals surface area contributed by atoms with Crippen LogP contribution in [0.25, 0.3) is 0 Å². The van der Waals surface area contributed by atoms with Gasteiger partial charge in [-0.1, -0.05) is 42.5 Å². The molecule has 5 heteroatoms. The fraction of sp³-hybridized carbons (Fsp3) is 0.280. The van der Waals surface area contributed by atoms with Gasteiger partial charge in [0.15, 0.2) is 5.78 Å². The lowest BCUT2D eigenvalue weighted by molar-refractivity contribution is -0.116. The average molecular weight is 417 g/mol. The molecule has 1 aromatic heterocycles. The molecule has 0 radical (unpaired) electrons. The van der Waals surface area contributed by atoms with E-state index in [4.69, 9.17) is 9.84 Å². The Kier molecular flexibility index (Phi) is 4.99. The molecule has 30 heavy (non-hydrogen) atoms. The summed E-state index contributed by atoms with van der Waals surface area (Å²) in [6, 6.07) is 18.8. The highest BCUT2D eigenvalue weighted by Gasteiger charge is 2.40. The number of carbonyl (C=O) groups excluding carboxylic acids is 1. The lowest BCUT2D eigenvalue weighted by Gasteiger charge is -2.31. The smallest absolute Gasteiger partial charge is 0.222 e. The average Bonchev–Trinajstić information content (AvgIpc) is 3.08. The molecule has 152 valence electrons. The molecule has 0 amide bonds. The third-order valence-electron chi connectivity index (χ3n) is 5.96. The molecule has 0 bridgehead atoms. The van der Waals surface area contributed by atoms with Crippen LogP contribution in [-0.4, -0.2) is 21.8 Å². The zero-order valence-corrected chi connectivity index (χ0v) is 18.0. The Balaban J connectivity index is 1.65. The van der Waals surface area contributed by atoms with Crippen molar-refractivity contribution in [2.75, 3.05) is 6.26 Å². The highest BCUT2D eigenvalue weighted by Crippen LogP contribution is 2.48. The zero-order chi connectivity index (χ0) is 20.7. The molecule has 4 nitrogen and oxygen atoms in total. The number of hydrogen-bond donors (Lipinski definition) is 0. The molecule has 2 aromatic carbocycles. The lowest BCUT2D eigenvalue weighted by atomic mass is 9.77. The number of nitrogens with zero attached hydrogens (tertiary/aromatic N) is 2. The van der Waals surface area contributed by atoms with Crippen molar-refractivity contribution in [2.24, 2.45) is 0 Å². The molecule has 2 aliphatic rings. The van der Waals surface area contributed by atoms with Crippen molar-refractivity contribution in [3.8, 4) is 5.88 Å². The summed E-state index contributed by atoms with van der Waals surface area (Å²) in [5, 5.41) is 4.83. The number of aryl methyl sites for hydroxylation is 1. The highest BCUT2D eigenvalue weighted by molar-refractivity contribution is 7.98. The monoisotopic (exact) mass is 416 g/mol. The van der Waals surface area contributed by atoms with E-state index in [2.05, 4.69) is 42.7 Å². The van der Waals surface area contributed by atoms with Crippen LogP contribution in [0.5, 0.6) is 5.88 Å². The maximum atomic E-state index is 13.0. The van der Waals surface area contributed by atoms with Gasteiger partial charge in [0.1, 0.15) is 5.76 Å². The Morgan fingerprint density at radius 3 is 2.60 bits per heavy atom. The van der Waals surface area contributed by atoms with Crippen LogP contribution in [0.1, 0.15) is 47.6 Å². The zero-order valence-electron chi connectivity index (χ0n) is 17.2. The normalized spacial score (nSPS) is 18.1. The van der Waals surface area contributed by atoms with Crippen molar-refractivity contribution in [3.63, 3.8) is 0 Å². The van der Waals surface area contributed by atoms with Crippen LogP contribution < -0.4 is 4.74 Å². The minimum atomic E-state index is -0.114. The highest BCUT2D eigenvalue weighted by atomic mass is 32.2. The molecule has 0 fully saturated rings. The maximum Gasteiger partial charge on any atom is 0.222 e. The van der Waals surface area contributed by atoms with Crippen molar-refractivity contribution in [1.29, 1.82) is 0 Å². The van der Waals surface area contributed by atoms with Crippen LogP contribution in [0, 0.1) is 6.92 Å². The van der Waals surface area contributed by atoms with Crippen molar-refractivity contribution in [2.45, 2.75) is 43.5 Å². The van der Waals surface area contributed by atoms with E-state index in [1.165, 1.54) is 10.5 Å². The molecule has 1 aliphatic heterocycles.